The van der Waals surface area contributed by atoms with Gasteiger partial charge in [0.15, 0.2) is 0 Å². The van der Waals surface area contributed by atoms with Crippen LogP contribution >= 0.6 is 8.60 Å². The first-order valence-corrected chi connectivity index (χ1v) is 12.2. The van der Waals surface area contributed by atoms with Crippen LogP contribution in [0.3, 0.4) is 0 Å². The monoisotopic (exact) mass is 526 g/mol. The van der Waals surface area contributed by atoms with Gasteiger partial charge in [0.05, 0.1) is 0 Å². The Balaban J connectivity index is 2.29. The second-order valence-corrected chi connectivity index (χ2v) is 13.6. The van der Waals surface area contributed by atoms with Gasteiger partial charge in [0.2, 0.25) is 0 Å². The number of rotatable bonds is 4. The Morgan fingerprint density at radius 3 is 0.800 bits per heavy atom. The summed E-state index contributed by atoms with van der Waals surface area (Å²) in [5, 5.41) is 0. The van der Waals surface area contributed by atoms with Gasteiger partial charge in [0.1, 0.15) is 0 Å². The molecule has 0 heterocycles. The van der Waals surface area contributed by atoms with Crippen LogP contribution in [0.2, 0.25) is 0 Å². The Labute approximate surface area is 147 Å². The maximum atomic E-state index is 13.4. The molecule has 0 aliphatic rings. The molecule has 0 atom stereocenters. The molecule has 0 aliphatic carbocycles. The second kappa shape index (κ2) is 7.79. The summed E-state index contributed by atoms with van der Waals surface area (Å²) >= 11 is -3.16. The van der Waals surface area contributed by atoms with Gasteiger partial charge in [-0.2, -0.15) is 0 Å². The Kier molecular flexibility index (Phi) is 6.37. The first-order valence-electron chi connectivity index (χ1n) is 5.63. The van der Waals surface area contributed by atoms with E-state index in [-0.39, 0.29) is 0 Å². The maximum absolute atomic E-state index is 13.4. The molecule has 0 fully saturated rings. The van der Waals surface area contributed by atoms with Crippen molar-refractivity contribution < 1.29 is 43.9 Å². The van der Waals surface area contributed by atoms with Gasteiger partial charge in [-0.05, 0) is 0 Å². The molecule has 0 amide bonds. The average molecular weight is 524 g/mol. The predicted molar refractivity (Wildman–Crippen MR) is 70.8 cm³/mol. The number of benzene rings is 2. The van der Waals surface area contributed by atoms with E-state index in [1.807, 2.05) is 0 Å². The van der Waals surface area contributed by atoms with Gasteiger partial charge in [-0.15, -0.1) is 0 Å². The molecule has 2 aromatic carbocycles. The zero-order valence-corrected chi connectivity index (χ0v) is 15.2. The SMILES string of the molecule is Fc1c(F)c(F)c([Se]S[Se]c2c(F)c(F)c(F)c(F)c2F)c(F)c1F. The number of hydrogen-bond acceptors (Lipinski definition) is 1. The summed E-state index contributed by atoms with van der Waals surface area (Å²) in [6.07, 6.45) is 0. The topological polar surface area (TPSA) is 0 Å². The van der Waals surface area contributed by atoms with Crippen LogP contribution in [0.15, 0.2) is 0 Å². The molecular formula is C12F10SSe2. The van der Waals surface area contributed by atoms with Crippen molar-refractivity contribution in [3.8, 4) is 0 Å². The fourth-order valence-electron chi connectivity index (χ4n) is 1.40. The van der Waals surface area contributed by atoms with Crippen molar-refractivity contribution in [3.05, 3.63) is 58.2 Å². The fourth-order valence-corrected chi connectivity index (χ4v) is 11.1. The molecule has 0 bridgehead atoms. The minimum absolute atomic E-state index is 0.316. The van der Waals surface area contributed by atoms with Crippen molar-refractivity contribution in [2.75, 3.05) is 0 Å². The van der Waals surface area contributed by atoms with E-state index in [1.54, 1.807) is 0 Å². The van der Waals surface area contributed by atoms with Crippen molar-refractivity contribution >= 4 is 45.2 Å². The third kappa shape index (κ3) is 3.66. The molecule has 0 nitrogen and oxygen atoms in total. The van der Waals surface area contributed by atoms with Crippen molar-refractivity contribution in [1.82, 2.24) is 0 Å². The van der Waals surface area contributed by atoms with Crippen molar-refractivity contribution in [2.24, 2.45) is 0 Å². The first-order chi connectivity index (χ1) is 11.6. The molecule has 0 unspecified atom stereocenters. The van der Waals surface area contributed by atoms with Gasteiger partial charge in [-0.1, -0.05) is 0 Å². The van der Waals surface area contributed by atoms with E-state index in [9.17, 15) is 43.9 Å². The van der Waals surface area contributed by atoms with Gasteiger partial charge in [-0.3, -0.25) is 0 Å². The van der Waals surface area contributed by atoms with Gasteiger partial charge in [0.25, 0.3) is 0 Å². The van der Waals surface area contributed by atoms with Crippen LogP contribution in [-0.2, 0) is 0 Å². The Hall–Kier alpha value is -0.871. The number of hydrogen-bond donors (Lipinski definition) is 0. The summed E-state index contributed by atoms with van der Waals surface area (Å²) in [5.41, 5.74) is 0. The van der Waals surface area contributed by atoms with E-state index < -0.39 is 94.8 Å². The summed E-state index contributed by atoms with van der Waals surface area (Å²) < 4.78 is 129. The summed E-state index contributed by atoms with van der Waals surface area (Å²) in [6.45, 7) is 0. The van der Waals surface area contributed by atoms with Crippen LogP contribution in [0, 0.1) is 58.2 Å². The van der Waals surface area contributed by atoms with Crippen LogP contribution in [0.1, 0.15) is 0 Å². The molecule has 2 aromatic rings. The summed E-state index contributed by atoms with van der Waals surface area (Å²) in [6, 6.07) is 0. The van der Waals surface area contributed by atoms with Gasteiger partial charge >= 0.3 is 147 Å². The summed E-state index contributed by atoms with van der Waals surface area (Å²) in [7, 11) is 0.316. The molecule has 0 saturated carbocycles. The van der Waals surface area contributed by atoms with Crippen LogP contribution in [0.5, 0.6) is 0 Å². The molecule has 136 valence electrons. The van der Waals surface area contributed by atoms with Crippen LogP contribution in [0.25, 0.3) is 0 Å². The third-order valence-electron chi connectivity index (χ3n) is 2.57. The molecule has 0 radical (unpaired) electrons. The first kappa shape index (κ1) is 20.4. The van der Waals surface area contributed by atoms with E-state index >= 15 is 0 Å². The van der Waals surface area contributed by atoms with E-state index in [2.05, 4.69) is 0 Å². The summed E-state index contributed by atoms with van der Waals surface area (Å²) in [4.78, 5) is 0. The molecule has 0 aliphatic heterocycles. The minimum atomic E-state index is -2.37. The quantitative estimate of drug-likeness (QED) is 0.257. The predicted octanol–water partition coefficient (Wildman–Crippen LogP) is 3.00. The van der Waals surface area contributed by atoms with Crippen molar-refractivity contribution in [1.29, 1.82) is 0 Å². The molecular weight excluding hydrogens is 524 g/mol. The van der Waals surface area contributed by atoms with E-state index in [4.69, 9.17) is 0 Å². The fraction of sp³-hybridized carbons (Fsp3) is 0. The van der Waals surface area contributed by atoms with Gasteiger partial charge < -0.3 is 0 Å². The average Bonchev–Trinajstić information content (AvgIpc) is 2.60. The van der Waals surface area contributed by atoms with Crippen LogP contribution < -0.4 is 8.92 Å². The molecule has 25 heavy (non-hydrogen) atoms. The zero-order chi connectivity index (χ0) is 19.0. The van der Waals surface area contributed by atoms with E-state index in [0.29, 0.717) is 8.60 Å². The van der Waals surface area contributed by atoms with Crippen LogP contribution in [-0.4, -0.2) is 27.7 Å². The van der Waals surface area contributed by atoms with Gasteiger partial charge in [0, 0.05) is 0 Å². The third-order valence-corrected chi connectivity index (χ3v) is 12.0. The van der Waals surface area contributed by atoms with E-state index in [1.165, 1.54) is 0 Å². The summed E-state index contributed by atoms with van der Waals surface area (Å²) in [5.74, 6) is -22.0. The van der Waals surface area contributed by atoms with Gasteiger partial charge in [-0.25, -0.2) is 0 Å². The second-order valence-electron chi connectivity index (χ2n) is 4.03. The Morgan fingerprint density at radius 1 is 0.360 bits per heavy atom. The van der Waals surface area contributed by atoms with Crippen molar-refractivity contribution in [2.45, 2.75) is 0 Å². The molecule has 0 aromatic heterocycles. The number of halogens is 10. The molecule has 0 saturated heterocycles. The van der Waals surface area contributed by atoms with Crippen LogP contribution in [0.4, 0.5) is 43.9 Å². The standard InChI is InChI=1S/C12F10SSe2/c13-1-3(15)7(19)11(8(20)4(1)16)24-23-25-12-9(21)5(17)2(14)6(18)10(12)22. The Morgan fingerprint density at radius 2 is 0.560 bits per heavy atom. The molecule has 2 rings (SSSR count). The van der Waals surface area contributed by atoms with E-state index in [0.717, 1.165) is 0 Å². The Bertz CT molecular complexity index is 729. The normalized spacial score (nSPS) is 11.3. The molecule has 0 spiro atoms. The molecule has 0 N–H and O–H groups in total. The van der Waals surface area contributed by atoms with Crippen molar-refractivity contribution in [3.63, 3.8) is 0 Å². The zero-order valence-electron chi connectivity index (χ0n) is 11.0. The molecule has 13 heteroatoms.